The second kappa shape index (κ2) is 9.94. The third-order valence-corrected chi connectivity index (χ3v) is 5.93. The molecule has 0 unspecified atom stereocenters. The number of hydrogen-bond acceptors (Lipinski definition) is 4. The van der Waals surface area contributed by atoms with Crippen molar-refractivity contribution in [3.8, 4) is 0 Å². The molecule has 0 amide bonds. The van der Waals surface area contributed by atoms with Gasteiger partial charge in [0.2, 0.25) is 11.0 Å². The van der Waals surface area contributed by atoms with Crippen molar-refractivity contribution in [1.82, 2.24) is 0 Å². The van der Waals surface area contributed by atoms with Gasteiger partial charge in [0.15, 0.2) is 25.5 Å². The molecule has 0 aliphatic carbocycles. The smallest absolute Gasteiger partial charge is 0.214 e. The molecule has 2 N–H and O–H groups in total. The van der Waals surface area contributed by atoms with E-state index in [1.165, 1.54) is 21.8 Å². The highest BCUT2D eigenvalue weighted by Gasteiger charge is 2.14. The summed E-state index contributed by atoms with van der Waals surface area (Å²) in [7, 11) is 0. The zero-order valence-corrected chi connectivity index (χ0v) is 18.3. The first-order chi connectivity index (χ1) is 15.9. The Morgan fingerprint density at radius 1 is 0.562 bits per heavy atom. The Morgan fingerprint density at radius 2 is 1.03 bits per heavy atom. The van der Waals surface area contributed by atoms with Crippen molar-refractivity contribution in [3.05, 3.63) is 73.1 Å². The van der Waals surface area contributed by atoms with Crippen LogP contribution < -0.4 is 19.8 Å². The first-order valence-electron chi connectivity index (χ1n) is 11.4. The standard InChI is InChI=1S/C26H28N4O2/c1-3-7-25-21(5-1)23-9-13-29(25)15-19-32-20-16-30-14-10-24(22-6-2-4-8-26(22)30)28-12-18-31-17-11-27-23/h1-10,13-14H,11-12,15-20H2/p+2. The fourth-order valence-electron chi connectivity index (χ4n) is 4.32. The lowest BCUT2D eigenvalue weighted by Gasteiger charge is -2.12. The van der Waals surface area contributed by atoms with Crippen LogP contribution in [0.4, 0.5) is 11.4 Å². The lowest BCUT2D eigenvalue weighted by atomic mass is 10.1. The fourth-order valence-corrected chi connectivity index (χ4v) is 4.32. The highest BCUT2D eigenvalue weighted by atomic mass is 16.5. The van der Waals surface area contributed by atoms with Gasteiger partial charge in [0, 0.05) is 37.4 Å². The minimum Gasteiger partial charge on any atom is -0.382 e. The van der Waals surface area contributed by atoms with E-state index >= 15 is 0 Å². The van der Waals surface area contributed by atoms with Crippen molar-refractivity contribution in [2.75, 3.05) is 50.2 Å². The van der Waals surface area contributed by atoms with Crippen molar-refractivity contribution < 1.29 is 18.6 Å². The first kappa shape index (κ1) is 20.7. The Hall–Kier alpha value is -3.22. The molecule has 6 heteroatoms. The van der Waals surface area contributed by atoms with Gasteiger partial charge in [-0.05, 0) is 12.1 Å². The number of anilines is 2. The molecule has 4 heterocycles. The molecule has 2 aromatic heterocycles. The summed E-state index contributed by atoms with van der Waals surface area (Å²) < 4.78 is 16.4. The average molecular weight is 431 g/mol. The molecular formula is C26H30N4O2+2. The molecule has 6 rings (SSSR count). The molecule has 0 saturated carbocycles. The summed E-state index contributed by atoms with van der Waals surface area (Å²) in [5.74, 6) is 0. The van der Waals surface area contributed by atoms with Crippen molar-refractivity contribution in [2.24, 2.45) is 0 Å². The number of pyridine rings is 2. The number of hydrogen-bond donors (Lipinski definition) is 2. The predicted molar refractivity (Wildman–Crippen MR) is 127 cm³/mol. The summed E-state index contributed by atoms with van der Waals surface area (Å²) >= 11 is 0. The normalized spacial score (nSPS) is 16.0. The number of ether oxygens (including phenoxy) is 2. The summed E-state index contributed by atoms with van der Waals surface area (Å²) in [4.78, 5) is 0. The molecule has 4 bridgehead atoms. The summed E-state index contributed by atoms with van der Waals surface area (Å²) in [5, 5.41) is 9.49. The molecule has 2 aliphatic rings. The lowest BCUT2D eigenvalue weighted by Crippen LogP contribution is -2.39. The molecule has 4 aromatic rings. The van der Waals surface area contributed by atoms with E-state index in [0.717, 1.165) is 37.6 Å². The Labute approximate surface area is 188 Å². The minimum absolute atomic E-state index is 0.661. The van der Waals surface area contributed by atoms with Crippen LogP contribution >= 0.6 is 0 Å². The Morgan fingerprint density at radius 3 is 1.56 bits per heavy atom. The number of nitrogens with one attached hydrogen (secondary N) is 2. The van der Waals surface area contributed by atoms with Crippen LogP contribution in [0.3, 0.4) is 0 Å². The molecule has 0 fully saturated rings. The van der Waals surface area contributed by atoms with Crippen molar-refractivity contribution >= 4 is 33.2 Å². The van der Waals surface area contributed by atoms with Crippen LogP contribution in [0, 0.1) is 0 Å². The topological polar surface area (TPSA) is 50.3 Å². The van der Waals surface area contributed by atoms with Gasteiger partial charge >= 0.3 is 0 Å². The predicted octanol–water partition coefficient (Wildman–Crippen LogP) is 3.14. The second-order valence-corrected chi connectivity index (χ2v) is 7.96. The van der Waals surface area contributed by atoms with Crippen molar-refractivity contribution in [2.45, 2.75) is 13.1 Å². The van der Waals surface area contributed by atoms with E-state index in [1.807, 2.05) is 0 Å². The fraction of sp³-hybridized carbons (Fsp3) is 0.308. The van der Waals surface area contributed by atoms with E-state index in [0.29, 0.717) is 26.4 Å². The Kier molecular flexibility index (Phi) is 6.42. The van der Waals surface area contributed by atoms with Gasteiger partial charge < -0.3 is 20.1 Å². The van der Waals surface area contributed by atoms with Gasteiger partial charge in [-0.25, -0.2) is 0 Å². The van der Waals surface area contributed by atoms with Crippen molar-refractivity contribution in [1.29, 1.82) is 0 Å². The van der Waals surface area contributed by atoms with Crippen LogP contribution in [-0.2, 0) is 22.6 Å². The van der Waals surface area contributed by atoms with Gasteiger partial charge in [-0.2, -0.15) is 9.13 Å². The van der Waals surface area contributed by atoms with Crippen LogP contribution in [0.25, 0.3) is 21.8 Å². The van der Waals surface area contributed by atoms with Gasteiger partial charge in [0.05, 0.1) is 35.4 Å². The van der Waals surface area contributed by atoms with Crippen LogP contribution in [0.15, 0.2) is 73.1 Å². The quantitative estimate of drug-likeness (QED) is 0.332. The van der Waals surface area contributed by atoms with Gasteiger partial charge in [0.1, 0.15) is 13.2 Å². The van der Waals surface area contributed by atoms with E-state index in [-0.39, 0.29) is 0 Å². The maximum Gasteiger partial charge on any atom is 0.214 e. The SMILES string of the molecule is c1ccc2c(c1)c1cc[n+]2CCOCC[n+]2ccc(c3ccccc32)NCCOCCN1. The van der Waals surface area contributed by atoms with Gasteiger partial charge in [0.25, 0.3) is 0 Å². The zero-order valence-electron chi connectivity index (χ0n) is 18.3. The largest absolute Gasteiger partial charge is 0.382 e. The van der Waals surface area contributed by atoms with Crippen LogP contribution in [0.1, 0.15) is 0 Å². The Bertz CT molecular complexity index is 1120. The van der Waals surface area contributed by atoms with E-state index < -0.39 is 0 Å². The van der Waals surface area contributed by atoms with E-state index in [4.69, 9.17) is 9.47 Å². The van der Waals surface area contributed by atoms with E-state index in [9.17, 15) is 0 Å². The average Bonchev–Trinajstić information content (AvgIpc) is 2.84. The lowest BCUT2D eigenvalue weighted by molar-refractivity contribution is -0.680. The maximum absolute atomic E-state index is 6.03. The molecular weight excluding hydrogens is 400 g/mol. The van der Waals surface area contributed by atoms with E-state index in [1.54, 1.807) is 0 Å². The van der Waals surface area contributed by atoms with E-state index in [2.05, 4.69) is 92.8 Å². The highest BCUT2D eigenvalue weighted by Crippen LogP contribution is 2.21. The highest BCUT2D eigenvalue weighted by molar-refractivity contribution is 5.89. The molecule has 6 nitrogen and oxygen atoms in total. The second-order valence-electron chi connectivity index (χ2n) is 7.96. The van der Waals surface area contributed by atoms with Crippen LogP contribution in [0.2, 0.25) is 0 Å². The van der Waals surface area contributed by atoms with Crippen molar-refractivity contribution in [3.63, 3.8) is 0 Å². The summed E-state index contributed by atoms with van der Waals surface area (Å²) in [5.41, 5.74) is 4.68. The number of fused-ring (bicyclic) bond motifs is 12. The van der Waals surface area contributed by atoms with Gasteiger partial charge in [-0.1, -0.05) is 24.3 Å². The third kappa shape index (κ3) is 4.52. The number of para-hydroxylation sites is 2. The van der Waals surface area contributed by atoms with Gasteiger partial charge in [-0.15, -0.1) is 0 Å². The molecule has 2 aromatic carbocycles. The minimum atomic E-state index is 0.661. The van der Waals surface area contributed by atoms with Crippen LogP contribution in [0.5, 0.6) is 0 Å². The molecule has 0 atom stereocenters. The zero-order chi connectivity index (χ0) is 21.6. The molecule has 0 spiro atoms. The summed E-state index contributed by atoms with van der Waals surface area (Å²) in [6.07, 6.45) is 4.27. The molecule has 0 radical (unpaired) electrons. The number of nitrogens with zero attached hydrogens (tertiary/aromatic N) is 2. The molecule has 32 heavy (non-hydrogen) atoms. The Balaban J connectivity index is 1.38. The van der Waals surface area contributed by atoms with Gasteiger partial charge in [-0.3, -0.25) is 0 Å². The summed E-state index contributed by atoms with van der Waals surface area (Å²) in [6, 6.07) is 21.3. The molecule has 164 valence electrons. The molecule has 0 saturated heterocycles. The third-order valence-electron chi connectivity index (χ3n) is 5.93. The summed E-state index contributed by atoms with van der Waals surface area (Å²) in [6.45, 7) is 5.84. The number of benzene rings is 2. The monoisotopic (exact) mass is 430 g/mol. The van der Waals surface area contributed by atoms with Crippen LogP contribution in [-0.4, -0.2) is 39.5 Å². The number of rotatable bonds is 0. The first-order valence-corrected chi connectivity index (χ1v) is 11.4. The number of aromatic nitrogens is 2. The molecule has 2 aliphatic heterocycles. The maximum atomic E-state index is 6.03.